The fourth-order valence-corrected chi connectivity index (χ4v) is 3.71. The van der Waals surface area contributed by atoms with Gasteiger partial charge in [-0.3, -0.25) is 9.59 Å². The SMILES string of the molecule is O=C1c2ccccc2C(=O)c2c1ccc1c2NCCS1. The number of carbonyl (C=O) groups excluding carboxylic acids is 2. The highest BCUT2D eigenvalue weighted by Gasteiger charge is 2.33. The first-order valence-electron chi connectivity index (χ1n) is 6.49. The summed E-state index contributed by atoms with van der Waals surface area (Å²) < 4.78 is 0. The van der Waals surface area contributed by atoms with Crippen LogP contribution in [-0.2, 0) is 0 Å². The van der Waals surface area contributed by atoms with E-state index in [-0.39, 0.29) is 11.6 Å². The molecular formula is C16H11NO2S. The molecule has 1 heterocycles. The molecular weight excluding hydrogens is 270 g/mol. The number of nitrogens with one attached hydrogen (secondary N) is 1. The van der Waals surface area contributed by atoms with Gasteiger partial charge in [0, 0.05) is 33.9 Å². The van der Waals surface area contributed by atoms with Gasteiger partial charge in [-0.2, -0.15) is 0 Å². The van der Waals surface area contributed by atoms with Crippen LogP contribution in [0.4, 0.5) is 5.69 Å². The lowest BCUT2D eigenvalue weighted by Crippen LogP contribution is -2.24. The number of fused-ring (bicyclic) bond motifs is 4. The molecule has 0 unspecified atom stereocenters. The van der Waals surface area contributed by atoms with E-state index in [2.05, 4.69) is 5.32 Å². The molecule has 0 fully saturated rings. The summed E-state index contributed by atoms with van der Waals surface area (Å²) in [6.07, 6.45) is 0. The summed E-state index contributed by atoms with van der Waals surface area (Å²) in [5.41, 5.74) is 2.90. The van der Waals surface area contributed by atoms with Crippen LogP contribution in [0.5, 0.6) is 0 Å². The van der Waals surface area contributed by atoms with Gasteiger partial charge in [-0.1, -0.05) is 24.3 Å². The van der Waals surface area contributed by atoms with Crippen LogP contribution in [0.25, 0.3) is 0 Å². The minimum absolute atomic E-state index is 0.0537. The van der Waals surface area contributed by atoms with Crippen molar-refractivity contribution in [3.05, 3.63) is 58.7 Å². The van der Waals surface area contributed by atoms with Gasteiger partial charge in [0.05, 0.1) is 11.3 Å². The number of ketones is 2. The Morgan fingerprint density at radius 2 is 1.65 bits per heavy atom. The molecule has 1 aliphatic carbocycles. The number of hydrogen-bond acceptors (Lipinski definition) is 4. The third-order valence-electron chi connectivity index (χ3n) is 3.72. The lowest BCUT2D eigenvalue weighted by atomic mass is 9.83. The van der Waals surface area contributed by atoms with Crippen molar-refractivity contribution < 1.29 is 9.59 Å². The Kier molecular flexibility index (Phi) is 2.47. The lowest BCUT2D eigenvalue weighted by Gasteiger charge is -2.25. The zero-order valence-corrected chi connectivity index (χ0v) is 11.4. The minimum atomic E-state index is -0.0598. The van der Waals surface area contributed by atoms with Gasteiger partial charge in [0.2, 0.25) is 0 Å². The monoisotopic (exact) mass is 281 g/mol. The molecule has 0 radical (unpaired) electrons. The lowest BCUT2D eigenvalue weighted by molar-refractivity contribution is 0.0979. The summed E-state index contributed by atoms with van der Waals surface area (Å²) in [5.74, 6) is 0.863. The van der Waals surface area contributed by atoms with E-state index in [4.69, 9.17) is 0 Å². The van der Waals surface area contributed by atoms with Crippen molar-refractivity contribution in [3.8, 4) is 0 Å². The fraction of sp³-hybridized carbons (Fsp3) is 0.125. The van der Waals surface area contributed by atoms with Crippen molar-refractivity contribution in [3.63, 3.8) is 0 Å². The average Bonchev–Trinajstić information content (AvgIpc) is 2.51. The molecule has 4 heteroatoms. The average molecular weight is 281 g/mol. The van der Waals surface area contributed by atoms with Crippen LogP contribution in [0, 0.1) is 0 Å². The number of rotatable bonds is 0. The summed E-state index contributed by atoms with van der Waals surface area (Å²) >= 11 is 1.72. The number of anilines is 1. The summed E-state index contributed by atoms with van der Waals surface area (Å²) in [6.45, 7) is 0.817. The zero-order valence-electron chi connectivity index (χ0n) is 10.6. The van der Waals surface area contributed by atoms with Gasteiger partial charge >= 0.3 is 0 Å². The minimum Gasteiger partial charge on any atom is -0.383 e. The van der Waals surface area contributed by atoms with E-state index in [1.807, 2.05) is 6.07 Å². The summed E-state index contributed by atoms with van der Waals surface area (Å²) in [4.78, 5) is 26.3. The molecule has 20 heavy (non-hydrogen) atoms. The Balaban J connectivity index is 2.02. The smallest absolute Gasteiger partial charge is 0.196 e. The molecule has 0 atom stereocenters. The van der Waals surface area contributed by atoms with E-state index in [1.165, 1.54) is 0 Å². The van der Waals surface area contributed by atoms with Crippen molar-refractivity contribution in [2.45, 2.75) is 4.90 Å². The molecule has 0 saturated heterocycles. The van der Waals surface area contributed by atoms with Gasteiger partial charge in [0.1, 0.15) is 0 Å². The first kappa shape index (κ1) is 11.7. The predicted molar refractivity (Wildman–Crippen MR) is 79.0 cm³/mol. The van der Waals surface area contributed by atoms with Crippen LogP contribution in [0.15, 0.2) is 41.3 Å². The second-order valence-corrected chi connectivity index (χ2v) is 5.98. The molecule has 1 N–H and O–H groups in total. The van der Waals surface area contributed by atoms with Crippen LogP contribution < -0.4 is 5.32 Å². The van der Waals surface area contributed by atoms with E-state index in [0.29, 0.717) is 22.3 Å². The largest absolute Gasteiger partial charge is 0.383 e. The second-order valence-electron chi connectivity index (χ2n) is 4.84. The molecule has 2 aliphatic rings. The van der Waals surface area contributed by atoms with Gasteiger partial charge < -0.3 is 5.32 Å². The zero-order chi connectivity index (χ0) is 13.7. The number of hydrogen-bond donors (Lipinski definition) is 1. The van der Waals surface area contributed by atoms with Gasteiger partial charge in [-0.25, -0.2) is 0 Å². The highest BCUT2D eigenvalue weighted by atomic mass is 32.2. The molecule has 0 spiro atoms. The Morgan fingerprint density at radius 1 is 0.900 bits per heavy atom. The third kappa shape index (κ3) is 1.48. The van der Waals surface area contributed by atoms with Crippen LogP contribution in [0.1, 0.15) is 31.8 Å². The molecule has 0 saturated carbocycles. The fourth-order valence-electron chi connectivity index (χ4n) is 2.80. The maximum absolute atomic E-state index is 12.7. The normalized spacial score (nSPS) is 16.0. The maximum atomic E-state index is 12.7. The summed E-state index contributed by atoms with van der Waals surface area (Å²) in [6, 6.07) is 10.8. The van der Waals surface area contributed by atoms with E-state index in [9.17, 15) is 9.59 Å². The van der Waals surface area contributed by atoms with E-state index >= 15 is 0 Å². The van der Waals surface area contributed by atoms with Gasteiger partial charge in [-0.15, -0.1) is 11.8 Å². The molecule has 3 nitrogen and oxygen atoms in total. The van der Waals surface area contributed by atoms with E-state index < -0.39 is 0 Å². The van der Waals surface area contributed by atoms with Crippen molar-refractivity contribution in [1.29, 1.82) is 0 Å². The quantitative estimate of drug-likeness (QED) is 0.688. The first-order chi connectivity index (χ1) is 9.77. The molecule has 0 aromatic heterocycles. The van der Waals surface area contributed by atoms with Crippen LogP contribution in [0.2, 0.25) is 0 Å². The van der Waals surface area contributed by atoms with Crippen molar-refractivity contribution in [2.75, 3.05) is 17.6 Å². The van der Waals surface area contributed by atoms with Gasteiger partial charge in [-0.05, 0) is 12.1 Å². The van der Waals surface area contributed by atoms with Crippen molar-refractivity contribution >= 4 is 29.0 Å². The van der Waals surface area contributed by atoms with Gasteiger partial charge in [0.25, 0.3) is 0 Å². The molecule has 0 bridgehead atoms. The Labute approximate surface area is 120 Å². The Bertz CT molecular complexity index is 767. The standard InChI is InChI=1S/C16H11NO2S/c18-15-9-3-1-2-4-10(9)16(19)13-11(15)5-6-12-14(13)17-7-8-20-12/h1-6,17H,7-8H2. The Morgan fingerprint density at radius 3 is 2.45 bits per heavy atom. The van der Waals surface area contributed by atoms with Gasteiger partial charge in [0.15, 0.2) is 11.6 Å². The number of benzene rings is 2. The summed E-state index contributed by atoms with van der Waals surface area (Å²) in [5, 5.41) is 3.28. The topological polar surface area (TPSA) is 46.2 Å². The van der Waals surface area contributed by atoms with E-state index in [0.717, 1.165) is 22.9 Å². The number of carbonyl (C=O) groups is 2. The maximum Gasteiger partial charge on any atom is 0.196 e. The highest BCUT2D eigenvalue weighted by Crippen LogP contribution is 2.39. The Hall–Kier alpha value is -2.07. The first-order valence-corrected chi connectivity index (χ1v) is 7.48. The molecule has 2 aromatic rings. The third-order valence-corrected chi connectivity index (χ3v) is 4.78. The number of thioether (sulfide) groups is 1. The highest BCUT2D eigenvalue weighted by molar-refractivity contribution is 7.99. The van der Waals surface area contributed by atoms with Crippen LogP contribution >= 0.6 is 11.8 Å². The summed E-state index contributed by atoms with van der Waals surface area (Å²) in [7, 11) is 0. The van der Waals surface area contributed by atoms with Crippen molar-refractivity contribution in [2.24, 2.45) is 0 Å². The van der Waals surface area contributed by atoms with Crippen LogP contribution in [-0.4, -0.2) is 23.9 Å². The second kappa shape index (κ2) is 4.21. The molecule has 2 aromatic carbocycles. The molecule has 98 valence electrons. The predicted octanol–water partition coefficient (Wildman–Crippen LogP) is 2.98. The van der Waals surface area contributed by atoms with E-state index in [1.54, 1.807) is 42.1 Å². The molecule has 1 aliphatic heterocycles. The molecule has 4 rings (SSSR count). The van der Waals surface area contributed by atoms with Crippen LogP contribution in [0.3, 0.4) is 0 Å². The van der Waals surface area contributed by atoms with Crippen molar-refractivity contribution in [1.82, 2.24) is 0 Å². The molecule has 0 amide bonds.